The van der Waals surface area contributed by atoms with Crippen molar-refractivity contribution in [3.63, 3.8) is 0 Å². The van der Waals surface area contributed by atoms with Gasteiger partial charge in [0.25, 0.3) is 0 Å². The van der Waals surface area contributed by atoms with Crippen LogP contribution < -0.4 is 17.3 Å². The summed E-state index contributed by atoms with van der Waals surface area (Å²) < 4.78 is 0. The van der Waals surface area contributed by atoms with E-state index in [2.05, 4.69) is 30.3 Å². The van der Waals surface area contributed by atoms with Gasteiger partial charge in [-0.15, -0.1) is 0 Å². The summed E-state index contributed by atoms with van der Waals surface area (Å²) in [6, 6.07) is 11.0. The second kappa shape index (κ2) is 6.47. The van der Waals surface area contributed by atoms with E-state index in [1.807, 2.05) is 0 Å². The minimum atomic E-state index is -0.612. The first kappa shape index (κ1) is 18.5. The summed E-state index contributed by atoms with van der Waals surface area (Å²) in [6.45, 7) is 2.56. The highest BCUT2D eigenvalue weighted by Crippen LogP contribution is 2.63. The number of hydrogen-bond acceptors (Lipinski definition) is 1. The third-order valence-corrected chi connectivity index (χ3v) is 9.49. The van der Waals surface area contributed by atoms with E-state index in [9.17, 15) is 5.11 Å². The molecule has 2 saturated heterocycles. The highest BCUT2D eigenvalue weighted by atomic mass is 35.5. The van der Waals surface area contributed by atoms with Gasteiger partial charge in [0, 0.05) is 31.6 Å². The van der Waals surface area contributed by atoms with Crippen molar-refractivity contribution in [1.82, 2.24) is 0 Å². The summed E-state index contributed by atoms with van der Waals surface area (Å²) in [5.74, 6) is 3.99. The SMILES string of the molecule is OC(c1ccccc1)(C1C2CC3CC(C2)CC1C3)C12CCC[NH+]1CCC2.[Cl-]. The van der Waals surface area contributed by atoms with E-state index >= 15 is 0 Å². The fourth-order valence-corrected chi connectivity index (χ4v) is 9.03. The Morgan fingerprint density at radius 1 is 0.852 bits per heavy atom. The van der Waals surface area contributed by atoms with Gasteiger partial charge in [-0.2, -0.15) is 0 Å². The average molecular weight is 388 g/mol. The number of fused-ring (bicyclic) bond motifs is 1. The van der Waals surface area contributed by atoms with Gasteiger partial charge in [-0.05, 0) is 61.3 Å². The number of quaternary nitrogens is 1. The predicted octanol–water partition coefficient (Wildman–Crippen LogP) is 0.162. The topological polar surface area (TPSA) is 24.7 Å². The Hall–Kier alpha value is -0.570. The van der Waals surface area contributed by atoms with E-state index in [-0.39, 0.29) is 17.9 Å². The molecule has 7 rings (SSSR count). The molecule has 2 heterocycles. The molecule has 27 heavy (non-hydrogen) atoms. The predicted molar refractivity (Wildman–Crippen MR) is 103 cm³/mol. The molecule has 4 aliphatic carbocycles. The number of nitrogens with one attached hydrogen (secondary N) is 1. The second-order valence-electron chi connectivity index (χ2n) is 10.5. The summed E-state index contributed by atoms with van der Waals surface area (Å²) >= 11 is 0. The molecule has 6 fully saturated rings. The monoisotopic (exact) mass is 387 g/mol. The number of hydrogen-bond donors (Lipinski definition) is 2. The fourth-order valence-electron chi connectivity index (χ4n) is 9.03. The maximum absolute atomic E-state index is 12.9. The average Bonchev–Trinajstić information content (AvgIpc) is 3.22. The lowest BCUT2D eigenvalue weighted by atomic mass is 9.45. The van der Waals surface area contributed by atoms with Crippen LogP contribution in [-0.4, -0.2) is 23.7 Å². The van der Waals surface area contributed by atoms with Crippen molar-refractivity contribution in [1.29, 1.82) is 0 Å². The fraction of sp³-hybridized carbons (Fsp3) is 0.750. The zero-order valence-corrected chi connectivity index (χ0v) is 17.1. The highest BCUT2D eigenvalue weighted by Gasteiger charge is 2.69. The first-order valence-electron chi connectivity index (χ1n) is 11.3. The van der Waals surface area contributed by atoms with Crippen LogP contribution >= 0.6 is 0 Å². The lowest BCUT2D eigenvalue weighted by molar-refractivity contribution is -0.936. The Bertz CT molecular complexity index is 653. The molecule has 0 radical (unpaired) electrons. The van der Waals surface area contributed by atoms with E-state index in [4.69, 9.17) is 0 Å². The molecule has 1 aromatic rings. The van der Waals surface area contributed by atoms with Gasteiger partial charge < -0.3 is 22.4 Å². The van der Waals surface area contributed by atoms with Crippen molar-refractivity contribution in [2.75, 3.05) is 13.1 Å². The Balaban J connectivity index is 0.00000160. The molecule has 2 nitrogen and oxygen atoms in total. The maximum atomic E-state index is 12.9. The molecular formula is C24H34ClNO. The Morgan fingerprint density at radius 2 is 1.41 bits per heavy atom. The van der Waals surface area contributed by atoms with Gasteiger partial charge in [-0.1, -0.05) is 30.3 Å². The first-order valence-corrected chi connectivity index (χ1v) is 11.3. The standard InChI is InChI=1S/C24H33NO.ClH/c26-24(21-6-2-1-3-7-21,23-8-4-10-25(23)11-5-9-23)22-19-13-17-12-18(15-19)16-20(22)14-17;/h1-3,6-7,17-20,22,26H,4-5,8-16H2;1H. The van der Waals surface area contributed by atoms with Gasteiger partial charge in [0.1, 0.15) is 11.1 Å². The minimum absolute atomic E-state index is 0. The molecule has 0 aromatic heterocycles. The number of rotatable bonds is 3. The van der Waals surface area contributed by atoms with E-state index in [0.29, 0.717) is 5.92 Å². The summed E-state index contributed by atoms with van der Waals surface area (Å²) in [5, 5.41) is 12.9. The lowest BCUT2D eigenvalue weighted by Crippen LogP contribution is -3.18. The molecule has 0 spiro atoms. The third kappa shape index (κ3) is 2.39. The second-order valence-corrected chi connectivity index (χ2v) is 10.5. The van der Waals surface area contributed by atoms with Crippen LogP contribution in [0.5, 0.6) is 0 Å². The van der Waals surface area contributed by atoms with Gasteiger partial charge >= 0.3 is 0 Å². The zero-order valence-electron chi connectivity index (χ0n) is 16.4. The Morgan fingerprint density at radius 3 is 1.96 bits per heavy atom. The van der Waals surface area contributed by atoms with Crippen molar-refractivity contribution in [2.24, 2.45) is 29.6 Å². The summed E-state index contributed by atoms with van der Waals surface area (Å²) in [4.78, 5) is 1.73. The normalized spacial score (nSPS) is 46.7. The number of halogens is 1. The van der Waals surface area contributed by atoms with Crippen LogP contribution in [0.15, 0.2) is 30.3 Å². The third-order valence-electron chi connectivity index (χ3n) is 9.49. The molecular weight excluding hydrogens is 354 g/mol. The van der Waals surface area contributed by atoms with Crippen LogP contribution in [0.25, 0.3) is 0 Å². The molecule has 0 amide bonds. The molecule has 1 aromatic carbocycles. The van der Waals surface area contributed by atoms with Crippen LogP contribution in [0, 0.1) is 29.6 Å². The largest absolute Gasteiger partial charge is 1.00 e. The first-order chi connectivity index (χ1) is 12.7. The molecule has 148 valence electrons. The van der Waals surface area contributed by atoms with Gasteiger partial charge in [-0.3, -0.25) is 0 Å². The number of aliphatic hydroxyl groups is 1. The van der Waals surface area contributed by atoms with E-state index in [1.165, 1.54) is 76.4 Å². The number of benzene rings is 1. The highest BCUT2D eigenvalue weighted by molar-refractivity contribution is 5.30. The minimum Gasteiger partial charge on any atom is -1.00 e. The summed E-state index contributed by atoms with van der Waals surface area (Å²) in [6.07, 6.45) is 12.2. The zero-order chi connectivity index (χ0) is 17.4. The van der Waals surface area contributed by atoms with Crippen molar-refractivity contribution >= 4 is 0 Å². The molecule has 2 N–H and O–H groups in total. The van der Waals surface area contributed by atoms with Crippen molar-refractivity contribution in [2.45, 2.75) is 68.9 Å². The van der Waals surface area contributed by atoms with Crippen LogP contribution in [0.4, 0.5) is 0 Å². The molecule has 6 aliphatic rings. The molecule has 1 unspecified atom stereocenters. The van der Waals surface area contributed by atoms with Crippen molar-refractivity contribution in [3.8, 4) is 0 Å². The van der Waals surface area contributed by atoms with Gasteiger partial charge in [0.05, 0.1) is 13.1 Å². The van der Waals surface area contributed by atoms with Crippen LogP contribution in [0.2, 0.25) is 0 Å². The van der Waals surface area contributed by atoms with Gasteiger partial charge in [-0.25, -0.2) is 0 Å². The quantitative estimate of drug-likeness (QED) is 0.759. The Labute approximate surface area is 170 Å². The summed E-state index contributed by atoms with van der Waals surface area (Å²) in [7, 11) is 0. The molecule has 2 aliphatic heterocycles. The molecule has 3 heteroatoms. The van der Waals surface area contributed by atoms with Crippen LogP contribution in [-0.2, 0) is 5.60 Å². The van der Waals surface area contributed by atoms with Crippen LogP contribution in [0.1, 0.15) is 63.4 Å². The summed E-state index contributed by atoms with van der Waals surface area (Å²) in [5.41, 5.74) is 0.729. The van der Waals surface area contributed by atoms with Crippen molar-refractivity contribution in [3.05, 3.63) is 35.9 Å². The van der Waals surface area contributed by atoms with Crippen molar-refractivity contribution < 1.29 is 22.4 Å². The maximum Gasteiger partial charge on any atom is 0.147 e. The van der Waals surface area contributed by atoms with E-state index < -0.39 is 5.60 Å². The van der Waals surface area contributed by atoms with Gasteiger partial charge in [0.15, 0.2) is 0 Å². The lowest BCUT2D eigenvalue weighted by Gasteiger charge is -2.61. The molecule has 1 atom stereocenters. The van der Waals surface area contributed by atoms with Crippen LogP contribution in [0.3, 0.4) is 0 Å². The van der Waals surface area contributed by atoms with E-state index in [0.717, 1.165) is 23.7 Å². The molecule has 4 saturated carbocycles. The Kier molecular flexibility index (Phi) is 4.42. The smallest absolute Gasteiger partial charge is 0.147 e. The van der Waals surface area contributed by atoms with E-state index in [1.54, 1.807) is 4.90 Å². The van der Waals surface area contributed by atoms with Gasteiger partial charge in [0.2, 0.25) is 0 Å². The molecule has 4 bridgehead atoms.